The highest BCUT2D eigenvalue weighted by molar-refractivity contribution is 14.1. The maximum Gasteiger partial charge on any atom is 0.140 e. The number of hydrogen-bond acceptors (Lipinski definition) is 2. The molecule has 0 aliphatic rings. The quantitative estimate of drug-likeness (QED) is 0.168. The first-order valence-electron chi connectivity index (χ1n) is 11.6. The first-order chi connectivity index (χ1) is 17.7. The Morgan fingerprint density at radius 1 is 0.361 bits per heavy atom. The third-order valence-corrected chi connectivity index (χ3v) is 7.93. The van der Waals surface area contributed by atoms with Crippen LogP contribution in [-0.2, 0) is 0 Å². The third kappa shape index (κ3) is 4.44. The minimum absolute atomic E-state index is 0.793. The van der Waals surface area contributed by atoms with Crippen LogP contribution in [0.15, 0.2) is 121 Å². The van der Waals surface area contributed by atoms with E-state index in [1.807, 2.05) is 36.4 Å². The van der Waals surface area contributed by atoms with E-state index < -0.39 is 0 Å². The van der Waals surface area contributed by atoms with Crippen molar-refractivity contribution in [3.05, 3.63) is 128 Å². The van der Waals surface area contributed by atoms with Crippen molar-refractivity contribution in [1.29, 1.82) is 0 Å². The fraction of sp³-hybridized carbons (Fsp3) is 0. The Kier molecular flexibility index (Phi) is 6.54. The summed E-state index contributed by atoms with van der Waals surface area (Å²) in [5, 5.41) is 4.53. The molecule has 0 amide bonds. The second-order valence-electron chi connectivity index (χ2n) is 8.38. The van der Waals surface area contributed by atoms with E-state index in [1.165, 1.54) is 0 Å². The molecule has 4 heteroatoms. The number of fused-ring (bicyclic) bond motifs is 2. The van der Waals surface area contributed by atoms with Gasteiger partial charge < -0.3 is 9.47 Å². The molecular formula is C32H20I2O2. The SMILES string of the molecule is Ic1ccccc1Oc1ccc2ccccc2c1-c1c(Oc2ccccc2I)ccc2ccccc12. The van der Waals surface area contributed by atoms with Gasteiger partial charge in [-0.2, -0.15) is 0 Å². The second kappa shape index (κ2) is 10.1. The monoisotopic (exact) mass is 690 g/mol. The summed E-state index contributed by atoms with van der Waals surface area (Å²) < 4.78 is 15.3. The van der Waals surface area contributed by atoms with Gasteiger partial charge >= 0.3 is 0 Å². The van der Waals surface area contributed by atoms with Crippen LogP contribution in [0, 0.1) is 7.14 Å². The topological polar surface area (TPSA) is 18.5 Å². The molecule has 0 radical (unpaired) electrons. The molecule has 6 rings (SSSR count). The highest BCUT2D eigenvalue weighted by atomic mass is 127. The van der Waals surface area contributed by atoms with E-state index in [0.29, 0.717) is 0 Å². The summed E-state index contributed by atoms with van der Waals surface area (Å²) in [7, 11) is 0. The van der Waals surface area contributed by atoms with Crippen molar-refractivity contribution >= 4 is 66.7 Å². The molecule has 0 atom stereocenters. The molecule has 36 heavy (non-hydrogen) atoms. The van der Waals surface area contributed by atoms with Gasteiger partial charge in [0.2, 0.25) is 0 Å². The van der Waals surface area contributed by atoms with Crippen molar-refractivity contribution in [2.24, 2.45) is 0 Å². The zero-order valence-corrected chi connectivity index (χ0v) is 23.4. The van der Waals surface area contributed by atoms with Crippen molar-refractivity contribution in [3.8, 4) is 34.1 Å². The van der Waals surface area contributed by atoms with Gasteiger partial charge in [0.1, 0.15) is 23.0 Å². The minimum Gasteiger partial charge on any atom is -0.456 e. The average Bonchev–Trinajstić information content (AvgIpc) is 2.91. The third-order valence-electron chi connectivity index (χ3n) is 6.14. The lowest BCUT2D eigenvalue weighted by Gasteiger charge is -2.20. The summed E-state index contributed by atoms with van der Waals surface area (Å²) in [6, 6.07) is 41.4. The van der Waals surface area contributed by atoms with Crippen molar-refractivity contribution in [2.45, 2.75) is 0 Å². The molecule has 0 saturated heterocycles. The van der Waals surface area contributed by atoms with Crippen LogP contribution in [0.2, 0.25) is 0 Å². The summed E-state index contributed by atoms with van der Waals surface area (Å²) >= 11 is 4.64. The molecule has 0 heterocycles. The molecule has 0 saturated carbocycles. The van der Waals surface area contributed by atoms with Crippen LogP contribution in [0.1, 0.15) is 0 Å². The predicted octanol–water partition coefficient (Wildman–Crippen LogP) is 10.5. The summed E-state index contributed by atoms with van der Waals surface area (Å²) in [6.07, 6.45) is 0. The molecule has 0 aromatic heterocycles. The fourth-order valence-corrected chi connectivity index (χ4v) is 5.48. The summed E-state index contributed by atoms with van der Waals surface area (Å²) in [6.45, 7) is 0. The molecular weight excluding hydrogens is 670 g/mol. The van der Waals surface area contributed by atoms with Crippen LogP contribution in [0.5, 0.6) is 23.0 Å². The normalized spacial score (nSPS) is 11.1. The summed E-state index contributed by atoms with van der Waals surface area (Å²) in [5.41, 5.74) is 2.04. The smallest absolute Gasteiger partial charge is 0.140 e. The van der Waals surface area contributed by atoms with E-state index in [1.54, 1.807) is 0 Å². The van der Waals surface area contributed by atoms with Gasteiger partial charge in [0.25, 0.3) is 0 Å². The highest BCUT2D eigenvalue weighted by Gasteiger charge is 2.20. The molecule has 0 aliphatic carbocycles. The molecule has 0 spiro atoms. The number of hydrogen-bond donors (Lipinski definition) is 0. The number of halogens is 2. The van der Waals surface area contributed by atoms with Crippen molar-refractivity contribution < 1.29 is 9.47 Å². The Bertz CT molecular complexity index is 1600. The Morgan fingerprint density at radius 2 is 0.750 bits per heavy atom. The van der Waals surface area contributed by atoms with Gasteiger partial charge in [0.05, 0.1) is 7.14 Å². The van der Waals surface area contributed by atoms with Gasteiger partial charge in [-0.25, -0.2) is 0 Å². The van der Waals surface area contributed by atoms with Crippen LogP contribution in [0.25, 0.3) is 32.7 Å². The molecule has 0 aliphatic heterocycles. The minimum atomic E-state index is 0.793. The molecule has 0 bridgehead atoms. The van der Waals surface area contributed by atoms with Gasteiger partial charge in [0.15, 0.2) is 0 Å². The fourth-order valence-electron chi connectivity index (χ4n) is 4.48. The molecule has 6 aromatic carbocycles. The van der Waals surface area contributed by atoms with E-state index in [-0.39, 0.29) is 0 Å². The molecule has 0 fully saturated rings. The van der Waals surface area contributed by atoms with Crippen LogP contribution in [0.3, 0.4) is 0 Å². The van der Waals surface area contributed by atoms with Crippen LogP contribution in [0.4, 0.5) is 0 Å². The van der Waals surface area contributed by atoms with Crippen LogP contribution in [-0.4, -0.2) is 0 Å². The predicted molar refractivity (Wildman–Crippen MR) is 165 cm³/mol. The van der Waals surface area contributed by atoms with Gasteiger partial charge in [-0.05, 0) is 103 Å². The largest absolute Gasteiger partial charge is 0.456 e. The lowest BCUT2D eigenvalue weighted by molar-refractivity contribution is 0.475. The molecule has 2 nitrogen and oxygen atoms in total. The van der Waals surface area contributed by atoms with E-state index in [4.69, 9.17) is 9.47 Å². The summed E-state index contributed by atoms with van der Waals surface area (Å²) in [5.74, 6) is 3.24. The maximum atomic E-state index is 6.62. The molecule has 6 aromatic rings. The van der Waals surface area contributed by atoms with E-state index in [2.05, 4.69) is 130 Å². The number of ether oxygens (including phenoxy) is 2. The van der Waals surface area contributed by atoms with Crippen LogP contribution < -0.4 is 9.47 Å². The Labute approximate surface area is 237 Å². The first kappa shape index (κ1) is 23.3. The van der Waals surface area contributed by atoms with E-state index >= 15 is 0 Å². The Morgan fingerprint density at radius 3 is 1.19 bits per heavy atom. The Hall–Kier alpha value is -3.10. The number of benzene rings is 6. The standard InChI is InChI=1S/C32H20I2O2/c33-25-13-5-7-15-27(25)35-29-19-17-21-9-1-3-11-23(21)31(29)32-24-12-4-2-10-22(24)18-20-30(32)36-28-16-8-6-14-26(28)34/h1-20H. The van der Waals surface area contributed by atoms with Crippen molar-refractivity contribution in [2.75, 3.05) is 0 Å². The van der Waals surface area contributed by atoms with E-state index in [9.17, 15) is 0 Å². The van der Waals surface area contributed by atoms with Gasteiger partial charge in [0, 0.05) is 11.1 Å². The lowest BCUT2D eigenvalue weighted by atomic mass is 9.92. The average molecular weight is 690 g/mol. The summed E-state index contributed by atoms with van der Waals surface area (Å²) in [4.78, 5) is 0. The molecule has 0 N–H and O–H groups in total. The zero-order chi connectivity index (χ0) is 24.5. The van der Waals surface area contributed by atoms with E-state index in [0.717, 1.165) is 62.8 Å². The molecule has 174 valence electrons. The molecule has 0 unspecified atom stereocenters. The van der Waals surface area contributed by atoms with Gasteiger partial charge in [-0.15, -0.1) is 0 Å². The highest BCUT2D eigenvalue weighted by Crippen LogP contribution is 2.48. The van der Waals surface area contributed by atoms with Crippen molar-refractivity contribution in [1.82, 2.24) is 0 Å². The number of rotatable bonds is 5. The maximum absolute atomic E-state index is 6.62. The van der Waals surface area contributed by atoms with Gasteiger partial charge in [-0.1, -0.05) is 84.9 Å². The van der Waals surface area contributed by atoms with Crippen LogP contribution >= 0.6 is 45.2 Å². The number of para-hydroxylation sites is 2. The first-order valence-corrected chi connectivity index (χ1v) is 13.7. The van der Waals surface area contributed by atoms with Gasteiger partial charge in [-0.3, -0.25) is 0 Å². The van der Waals surface area contributed by atoms with Crippen molar-refractivity contribution in [3.63, 3.8) is 0 Å². The zero-order valence-electron chi connectivity index (χ0n) is 19.1. The lowest BCUT2D eigenvalue weighted by Crippen LogP contribution is -1.96. The second-order valence-corrected chi connectivity index (χ2v) is 10.7. The Balaban J connectivity index is 1.66.